The molecular weight excluding hydrogens is 316 g/mol. The lowest BCUT2D eigenvalue weighted by Gasteiger charge is -2.09. The summed E-state index contributed by atoms with van der Waals surface area (Å²) in [5, 5.41) is 16.0. The molecule has 1 aromatic carbocycles. The maximum Gasteiger partial charge on any atom is 0.225 e. The third-order valence-electron chi connectivity index (χ3n) is 3.74. The van der Waals surface area contributed by atoms with E-state index in [0.717, 1.165) is 38.0 Å². The van der Waals surface area contributed by atoms with E-state index in [-0.39, 0.29) is 5.91 Å². The lowest BCUT2D eigenvalue weighted by Crippen LogP contribution is -2.15. The van der Waals surface area contributed by atoms with Gasteiger partial charge in [0.15, 0.2) is 0 Å². The number of carbonyl (C=O) groups excluding carboxylic acids is 1. The zero-order valence-corrected chi connectivity index (χ0v) is 14.6. The second kappa shape index (κ2) is 10.1. The fourth-order valence-electron chi connectivity index (χ4n) is 2.36. The topological polar surface area (TPSA) is 79.9 Å². The van der Waals surface area contributed by atoms with Crippen LogP contribution in [0.5, 0.6) is 5.75 Å². The molecule has 0 aliphatic rings. The highest BCUT2D eigenvalue weighted by Gasteiger charge is 2.07. The van der Waals surface area contributed by atoms with Crippen LogP contribution in [0.25, 0.3) is 0 Å². The Labute approximate surface area is 148 Å². The van der Waals surface area contributed by atoms with Crippen LogP contribution in [-0.4, -0.2) is 22.3 Å². The van der Waals surface area contributed by atoms with Crippen molar-refractivity contribution in [1.82, 2.24) is 9.78 Å². The average Bonchev–Trinajstić information content (AvgIpc) is 3.06. The zero-order chi connectivity index (χ0) is 17.9. The van der Waals surface area contributed by atoms with Gasteiger partial charge in [0.2, 0.25) is 5.91 Å². The van der Waals surface area contributed by atoms with Crippen molar-refractivity contribution in [2.24, 2.45) is 0 Å². The van der Waals surface area contributed by atoms with Gasteiger partial charge in [0, 0.05) is 19.0 Å². The standard InChI is InChI=1S/C19H24N4O2/c1-2-3-12-23-18(10-11-21-23)22-19(24)9-4-5-13-25-17-8-6-7-16(14-17)15-20/h6-8,10-11,14H,2-5,9,12-13H2,1H3,(H,22,24). The summed E-state index contributed by atoms with van der Waals surface area (Å²) in [6.07, 6.45) is 5.79. The minimum atomic E-state index is -0.00951. The van der Waals surface area contributed by atoms with Crippen LogP contribution in [0.4, 0.5) is 5.82 Å². The van der Waals surface area contributed by atoms with Crippen LogP contribution in [-0.2, 0) is 11.3 Å². The Hall–Kier alpha value is -2.81. The van der Waals surface area contributed by atoms with Crippen LogP contribution in [0.1, 0.15) is 44.6 Å². The molecule has 6 heteroatoms. The Bertz CT molecular complexity index is 718. The number of hydrogen-bond donors (Lipinski definition) is 1. The summed E-state index contributed by atoms with van der Waals surface area (Å²) >= 11 is 0. The van der Waals surface area contributed by atoms with E-state index in [1.54, 1.807) is 24.4 Å². The second-order valence-electron chi connectivity index (χ2n) is 5.79. The van der Waals surface area contributed by atoms with Crippen molar-refractivity contribution < 1.29 is 9.53 Å². The first-order valence-corrected chi connectivity index (χ1v) is 8.67. The number of nitriles is 1. The van der Waals surface area contributed by atoms with Crippen LogP contribution in [0.3, 0.4) is 0 Å². The Morgan fingerprint density at radius 2 is 2.20 bits per heavy atom. The molecule has 2 rings (SSSR count). The van der Waals surface area contributed by atoms with Gasteiger partial charge >= 0.3 is 0 Å². The van der Waals surface area contributed by atoms with Gasteiger partial charge in [0.1, 0.15) is 11.6 Å². The molecule has 0 saturated carbocycles. The molecule has 0 unspecified atom stereocenters. The Morgan fingerprint density at radius 1 is 1.32 bits per heavy atom. The quantitative estimate of drug-likeness (QED) is 0.668. The third-order valence-corrected chi connectivity index (χ3v) is 3.74. The molecule has 1 heterocycles. The van der Waals surface area contributed by atoms with Crippen LogP contribution in [0, 0.1) is 11.3 Å². The van der Waals surface area contributed by atoms with Crippen molar-refractivity contribution in [3.05, 3.63) is 42.1 Å². The summed E-state index contributed by atoms with van der Waals surface area (Å²) in [7, 11) is 0. The highest BCUT2D eigenvalue weighted by atomic mass is 16.5. The van der Waals surface area contributed by atoms with Crippen LogP contribution >= 0.6 is 0 Å². The minimum absolute atomic E-state index is 0.00951. The number of aromatic nitrogens is 2. The molecule has 0 atom stereocenters. The van der Waals surface area contributed by atoms with Crippen molar-refractivity contribution in [2.45, 2.75) is 45.6 Å². The Balaban J connectivity index is 1.65. The van der Waals surface area contributed by atoms with Crippen molar-refractivity contribution in [3.8, 4) is 11.8 Å². The van der Waals surface area contributed by atoms with E-state index in [9.17, 15) is 4.79 Å². The van der Waals surface area contributed by atoms with Gasteiger partial charge in [0.25, 0.3) is 0 Å². The largest absolute Gasteiger partial charge is 0.494 e. The fraction of sp³-hybridized carbons (Fsp3) is 0.421. The first-order chi connectivity index (χ1) is 12.2. The van der Waals surface area contributed by atoms with E-state index in [0.29, 0.717) is 24.3 Å². The number of amides is 1. The molecule has 1 amide bonds. The van der Waals surface area contributed by atoms with Crippen LogP contribution in [0.2, 0.25) is 0 Å². The van der Waals surface area contributed by atoms with Gasteiger partial charge < -0.3 is 10.1 Å². The van der Waals surface area contributed by atoms with Crippen molar-refractivity contribution in [2.75, 3.05) is 11.9 Å². The molecule has 0 bridgehead atoms. The van der Waals surface area contributed by atoms with E-state index in [1.165, 1.54) is 0 Å². The molecule has 0 aliphatic carbocycles. The number of unbranched alkanes of at least 4 members (excludes halogenated alkanes) is 2. The third kappa shape index (κ3) is 6.30. The maximum absolute atomic E-state index is 12.0. The molecule has 0 saturated heterocycles. The number of nitrogens with zero attached hydrogens (tertiary/aromatic N) is 3. The number of benzene rings is 1. The molecule has 6 nitrogen and oxygen atoms in total. The lowest BCUT2D eigenvalue weighted by atomic mass is 10.2. The molecule has 25 heavy (non-hydrogen) atoms. The van der Waals surface area contributed by atoms with Crippen LogP contribution < -0.4 is 10.1 Å². The van der Waals surface area contributed by atoms with Crippen molar-refractivity contribution in [3.63, 3.8) is 0 Å². The van der Waals surface area contributed by atoms with E-state index >= 15 is 0 Å². The molecule has 1 aromatic heterocycles. The minimum Gasteiger partial charge on any atom is -0.494 e. The fourth-order valence-corrected chi connectivity index (χ4v) is 2.36. The number of anilines is 1. The summed E-state index contributed by atoms with van der Waals surface area (Å²) in [6.45, 7) is 3.46. The number of rotatable bonds is 10. The molecule has 0 fully saturated rings. The van der Waals surface area contributed by atoms with Crippen molar-refractivity contribution >= 4 is 11.7 Å². The number of nitrogens with one attached hydrogen (secondary N) is 1. The molecule has 0 spiro atoms. The van der Waals surface area contributed by atoms with E-state index in [1.807, 2.05) is 16.8 Å². The highest BCUT2D eigenvalue weighted by molar-refractivity contribution is 5.89. The van der Waals surface area contributed by atoms with Gasteiger partial charge in [0.05, 0.1) is 24.4 Å². The van der Waals surface area contributed by atoms with E-state index in [2.05, 4.69) is 23.4 Å². The number of hydrogen-bond acceptors (Lipinski definition) is 4. The summed E-state index contributed by atoms with van der Waals surface area (Å²) in [5.41, 5.74) is 0.580. The van der Waals surface area contributed by atoms with Gasteiger partial charge in [-0.05, 0) is 37.5 Å². The summed E-state index contributed by atoms with van der Waals surface area (Å²) in [6, 6.07) is 11.0. The summed E-state index contributed by atoms with van der Waals surface area (Å²) < 4.78 is 7.43. The van der Waals surface area contributed by atoms with Gasteiger partial charge in [-0.25, -0.2) is 4.68 Å². The average molecular weight is 340 g/mol. The Morgan fingerprint density at radius 3 is 3.00 bits per heavy atom. The predicted molar refractivity (Wildman–Crippen MR) is 96.3 cm³/mol. The maximum atomic E-state index is 12.0. The van der Waals surface area contributed by atoms with Gasteiger partial charge in [-0.3, -0.25) is 4.79 Å². The highest BCUT2D eigenvalue weighted by Crippen LogP contribution is 2.13. The van der Waals surface area contributed by atoms with Gasteiger partial charge in [-0.1, -0.05) is 19.4 Å². The second-order valence-corrected chi connectivity index (χ2v) is 5.79. The van der Waals surface area contributed by atoms with Gasteiger partial charge in [-0.2, -0.15) is 10.4 Å². The predicted octanol–water partition coefficient (Wildman–Crippen LogP) is 3.74. The van der Waals surface area contributed by atoms with Crippen LogP contribution in [0.15, 0.2) is 36.5 Å². The molecular formula is C19H24N4O2. The first-order valence-electron chi connectivity index (χ1n) is 8.67. The first kappa shape index (κ1) is 18.5. The van der Waals surface area contributed by atoms with Gasteiger partial charge in [-0.15, -0.1) is 0 Å². The number of carbonyl (C=O) groups is 1. The molecule has 0 aliphatic heterocycles. The molecule has 1 N–H and O–H groups in total. The van der Waals surface area contributed by atoms with E-state index in [4.69, 9.17) is 10.00 Å². The monoisotopic (exact) mass is 340 g/mol. The molecule has 2 aromatic rings. The molecule has 132 valence electrons. The zero-order valence-electron chi connectivity index (χ0n) is 14.6. The number of aryl methyl sites for hydroxylation is 1. The van der Waals surface area contributed by atoms with E-state index < -0.39 is 0 Å². The normalized spacial score (nSPS) is 10.2. The Kier molecular flexibility index (Phi) is 7.51. The molecule has 0 radical (unpaired) electrons. The smallest absolute Gasteiger partial charge is 0.225 e. The summed E-state index contributed by atoms with van der Waals surface area (Å²) in [5.74, 6) is 1.43. The number of ether oxygens (including phenoxy) is 1. The SMILES string of the molecule is CCCCn1nccc1NC(=O)CCCCOc1cccc(C#N)c1. The summed E-state index contributed by atoms with van der Waals surface area (Å²) in [4.78, 5) is 12.0. The van der Waals surface area contributed by atoms with Crippen molar-refractivity contribution in [1.29, 1.82) is 5.26 Å². The lowest BCUT2D eigenvalue weighted by molar-refractivity contribution is -0.116.